The van der Waals surface area contributed by atoms with E-state index in [4.69, 9.17) is 27.0 Å². The molecule has 0 aromatic heterocycles. The first-order chi connectivity index (χ1) is 4.99. The summed E-state index contributed by atoms with van der Waals surface area (Å²) in [6, 6.07) is 0. The Morgan fingerprint density at radius 1 is 1.55 bits per heavy atom. The van der Waals surface area contributed by atoms with Gasteiger partial charge >= 0.3 is 6.07 Å². The number of hydrogen-bond acceptors (Lipinski definition) is 2. The van der Waals surface area contributed by atoms with Gasteiger partial charge in [-0.3, -0.25) is 9.09 Å². The monoisotopic (exact) mass is 214 g/mol. The molecule has 0 heterocycles. The summed E-state index contributed by atoms with van der Waals surface area (Å²) in [5.74, 6) is 0. The number of rotatable bonds is 5. The van der Waals surface area contributed by atoms with E-state index < -0.39 is 12.2 Å². The zero-order valence-electron chi connectivity index (χ0n) is 5.87. The van der Waals surface area contributed by atoms with Gasteiger partial charge in [0.1, 0.15) is 0 Å². The maximum atomic E-state index is 10.7. The molecule has 1 atom stereocenters. The summed E-state index contributed by atoms with van der Waals surface area (Å²) in [4.78, 5) is 0. The van der Waals surface area contributed by atoms with Gasteiger partial charge in [0.2, 0.25) is 0 Å². The molecule has 5 heteroatoms. The molecule has 64 valence electrons. The highest BCUT2D eigenvalue weighted by Gasteiger charge is 2.18. The topological polar surface area (TPSA) is 26.3 Å². The molecule has 0 fully saturated rings. The fraction of sp³-hybridized carbons (Fsp3) is 0.333. The zero-order chi connectivity index (χ0) is 8.91. The van der Waals surface area contributed by atoms with E-state index in [9.17, 15) is 4.57 Å². The minimum Gasteiger partial charge on any atom is -0.298 e. The van der Waals surface area contributed by atoms with Crippen LogP contribution in [-0.2, 0) is 9.09 Å². The Labute approximate surface area is 75.9 Å². The normalized spacial score (nSPS) is 14.0. The number of hydrogen-bond donors (Lipinski definition) is 0. The summed E-state index contributed by atoms with van der Waals surface area (Å²) in [5.41, 5.74) is 0. The van der Waals surface area contributed by atoms with E-state index >= 15 is 0 Å². The second-order valence-electron chi connectivity index (χ2n) is 1.82. The van der Waals surface area contributed by atoms with Crippen molar-refractivity contribution in [2.24, 2.45) is 0 Å². The fourth-order valence-corrected chi connectivity index (χ4v) is 1.61. The molecular weight excluding hydrogens is 206 g/mol. The predicted octanol–water partition coefficient (Wildman–Crippen LogP) is 3.72. The Morgan fingerprint density at radius 3 is 2.36 bits per heavy atom. The molecule has 0 spiro atoms. The lowest BCUT2D eigenvalue weighted by Gasteiger charge is -2.10. The molecule has 0 saturated heterocycles. The van der Waals surface area contributed by atoms with Crippen LogP contribution in [0.1, 0.15) is 6.42 Å². The van der Waals surface area contributed by atoms with Crippen molar-refractivity contribution in [3.05, 3.63) is 25.3 Å². The Balaban J connectivity index is 3.97. The van der Waals surface area contributed by atoms with Crippen LogP contribution in [0.25, 0.3) is 0 Å². The SMILES string of the molecule is C=CCC(C=C)OP(=O)(Cl)Cl. The first kappa shape index (κ1) is 11.2. The van der Waals surface area contributed by atoms with Gasteiger partial charge in [0, 0.05) is 0 Å². The van der Waals surface area contributed by atoms with Gasteiger partial charge in [0.25, 0.3) is 0 Å². The second kappa shape index (κ2) is 5.00. The smallest absolute Gasteiger partial charge is 0.298 e. The predicted molar refractivity (Wildman–Crippen MR) is 49.2 cm³/mol. The van der Waals surface area contributed by atoms with Crippen molar-refractivity contribution in [2.45, 2.75) is 12.5 Å². The van der Waals surface area contributed by atoms with Crippen LogP contribution in [-0.4, -0.2) is 6.10 Å². The number of halogens is 2. The van der Waals surface area contributed by atoms with E-state index in [2.05, 4.69) is 13.2 Å². The van der Waals surface area contributed by atoms with Gasteiger partial charge in [0.15, 0.2) is 0 Å². The van der Waals surface area contributed by atoms with E-state index in [0.29, 0.717) is 6.42 Å². The third-order valence-electron chi connectivity index (χ3n) is 0.920. The van der Waals surface area contributed by atoms with Gasteiger partial charge in [-0.2, -0.15) is 0 Å². The highest BCUT2D eigenvalue weighted by molar-refractivity contribution is 8.05. The van der Waals surface area contributed by atoms with E-state index in [1.54, 1.807) is 6.08 Å². The summed E-state index contributed by atoms with van der Waals surface area (Å²) >= 11 is 10.3. The quantitative estimate of drug-likeness (QED) is 0.516. The first-order valence-corrected chi connectivity index (χ1v) is 6.34. The zero-order valence-corrected chi connectivity index (χ0v) is 8.28. The van der Waals surface area contributed by atoms with Crippen LogP contribution in [0.3, 0.4) is 0 Å². The maximum Gasteiger partial charge on any atom is 0.380 e. The van der Waals surface area contributed by atoms with Gasteiger partial charge < -0.3 is 0 Å². The molecule has 0 aromatic carbocycles. The van der Waals surface area contributed by atoms with E-state index in [1.807, 2.05) is 0 Å². The van der Waals surface area contributed by atoms with Crippen LogP contribution in [0.15, 0.2) is 25.3 Å². The average molecular weight is 215 g/mol. The van der Waals surface area contributed by atoms with Gasteiger partial charge in [-0.1, -0.05) is 12.2 Å². The molecule has 0 aliphatic rings. The van der Waals surface area contributed by atoms with E-state index in [0.717, 1.165) is 0 Å². The highest BCUT2D eigenvalue weighted by Crippen LogP contribution is 2.58. The fourth-order valence-electron chi connectivity index (χ4n) is 0.504. The van der Waals surface area contributed by atoms with Crippen LogP contribution in [0.5, 0.6) is 0 Å². The van der Waals surface area contributed by atoms with Crippen molar-refractivity contribution in [1.29, 1.82) is 0 Å². The molecule has 1 unspecified atom stereocenters. The molecule has 0 N–H and O–H groups in total. The molecule has 0 aromatic rings. The standard InChI is InChI=1S/C6H9Cl2O2P/c1-3-5-6(4-2)10-11(7,8)9/h3-4,6H,1-2,5H2. The molecule has 0 saturated carbocycles. The molecule has 0 radical (unpaired) electrons. The largest absolute Gasteiger partial charge is 0.380 e. The third-order valence-corrected chi connectivity index (χ3v) is 1.91. The van der Waals surface area contributed by atoms with Gasteiger partial charge in [0.05, 0.1) is 6.10 Å². The highest BCUT2D eigenvalue weighted by atomic mass is 35.9. The molecule has 0 aliphatic heterocycles. The lowest BCUT2D eigenvalue weighted by Crippen LogP contribution is -2.02. The van der Waals surface area contributed by atoms with Crippen LogP contribution in [0, 0.1) is 0 Å². The van der Waals surface area contributed by atoms with E-state index in [1.165, 1.54) is 6.08 Å². The van der Waals surface area contributed by atoms with Crippen molar-refractivity contribution in [2.75, 3.05) is 0 Å². The van der Waals surface area contributed by atoms with Gasteiger partial charge in [-0.25, -0.2) is 0 Å². The average Bonchev–Trinajstić information content (AvgIpc) is 1.84. The van der Waals surface area contributed by atoms with Crippen molar-refractivity contribution in [3.8, 4) is 0 Å². The van der Waals surface area contributed by atoms with Crippen LogP contribution in [0.2, 0.25) is 0 Å². The molecule has 0 amide bonds. The first-order valence-electron chi connectivity index (χ1n) is 2.91. The summed E-state index contributed by atoms with van der Waals surface area (Å²) < 4.78 is 15.4. The Morgan fingerprint density at radius 2 is 2.09 bits per heavy atom. The van der Waals surface area contributed by atoms with Crippen molar-refractivity contribution < 1.29 is 9.09 Å². The Kier molecular flexibility index (Phi) is 5.11. The molecule has 0 bridgehead atoms. The van der Waals surface area contributed by atoms with Crippen molar-refractivity contribution in [1.82, 2.24) is 0 Å². The minimum atomic E-state index is -3.44. The summed E-state index contributed by atoms with van der Waals surface area (Å²) in [6.07, 6.45) is -0.294. The summed E-state index contributed by atoms with van der Waals surface area (Å²) in [5, 5.41) is 0. The van der Waals surface area contributed by atoms with Crippen LogP contribution < -0.4 is 0 Å². The Bertz CT molecular complexity index is 187. The van der Waals surface area contributed by atoms with Gasteiger partial charge in [-0.05, 0) is 28.9 Å². The van der Waals surface area contributed by atoms with Crippen LogP contribution >= 0.6 is 28.6 Å². The van der Waals surface area contributed by atoms with Gasteiger partial charge in [-0.15, -0.1) is 13.2 Å². The summed E-state index contributed by atoms with van der Waals surface area (Å²) in [7, 11) is 0. The maximum absolute atomic E-state index is 10.7. The minimum absolute atomic E-state index is 0.423. The second-order valence-corrected chi connectivity index (χ2v) is 6.05. The summed E-state index contributed by atoms with van der Waals surface area (Å²) in [6.45, 7) is 6.93. The molecule has 0 aliphatic carbocycles. The van der Waals surface area contributed by atoms with Crippen LogP contribution in [0.4, 0.5) is 0 Å². The van der Waals surface area contributed by atoms with Crippen molar-refractivity contribution in [3.63, 3.8) is 0 Å². The van der Waals surface area contributed by atoms with Crippen molar-refractivity contribution >= 4 is 28.6 Å². The molecule has 11 heavy (non-hydrogen) atoms. The van der Waals surface area contributed by atoms with E-state index in [-0.39, 0.29) is 0 Å². The molecular formula is C6H9Cl2O2P. The Hall–Kier alpha value is 0.250. The lowest BCUT2D eigenvalue weighted by molar-refractivity contribution is 0.270. The lowest BCUT2D eigenvalue weighted by atomic mass is 10.2. The third kappa shape index (κ3) is 6.64. The molecule has 0 rings (SSSR count). The molecule has 2 nitrogen and oxygen atoms in total.